The van der Waals surface area contributed by atoms with Gasteiger partial charge in [0.2, 0.25) is 0 Å². The minimum atomic E-state index is -5.77. The van der Waals surface area contributed by atoms with E-state index < -0.39 is 64.3 Å². The number of rotatable bonds is 4. The summed E-state index contributed by atoms with van der Waals surface area (Å²) in [5, 5.41) is 0. The second kappa shape index (κ2) is 8.54. The number of alkyl halides is 9. The van der Waals surface area contributed by atoms with Gasteiger partial charge in [0.25, 0.3) is 0 Å². The van der Waals surface area contributed by atoms with Crippen molar-refractivity contribution >= 4 is 11.4 Å². The van der Waals surface area contributed by atoms with Gasteiger partial charge in [0, 0.05) is 23.5 Å². The molecule has 0 amide bonds. The van der Waals surface area contributed by atoms with E-state index >= 15 is 0 Å². The number of benzene rings is 3. The molecule has 0 fully saturated rings. The molecular weight excluding hydrogens is 483 g/mol. The standard InChI is InChI=1S/C21H13F9N2O2/c22-19(23,24)14-9-15(20(25,26)27)18(34-13-6-2-4-11(32)8-13)16(21(28,29)30)17(14)33-12-5-1-3-10(31)7-12/h1-9H,31-32H2. The van der Waals surface area contributed by atoms with Gasteiger partial charge in [0.05, 0.1) is 11.1 Å². The van der Waals surface area contributed by atoms with Crippen LogP contribution < -0.4 is 20.9 Å². The summed E-state index contributed by atoms with van der Waals surface area (Å²) in [7, 11) is 0. The van der Waals surface area contributed by atoms with Crippen molar-refractivity contribution in [1.29, 1.82) is 0 Å². The molecule has 0 bridgehead atoms. The first kappa shape index (κ1) is 24.9. The quantitative estimate of drug-likeness (QED) is 0.290. The average molecular weight is 496 g/mol. The van der Waals surface area contributed by atoms with Crippen molar-refractivity contribution in [3.8, 4) is 23.0 Å². The van der Waals surface area contributed by atoms with Crippen LogP contribution in [0.25, 0.3) is 0 Å². The minimum Gasteiger partial charge on any atom is -0.456 e. The van der Waals surface area contributed by atoms with Gasteiger partial charge in [-0.1, -0.05) is 12.1 Å². The zero-order valence-corrected chi connectivity index (χ0v) is 16.6. The molecule has 0 unspecified atom stereocenters. The van der Waals surface area contributed by atoms with Gasteiger partial charge in [-0.05, 0) is 30.3 Å². The van der Waals surface area contributed by atoms with Crippen LogP contribution in [0.1, 0.15) is 16.7 Å². The Bertz CT molecular complexity index is 1120. The highest BCUT2D eigenvalue weighted by atomic mass is 19.4. The largest absolute Gasteiger partial charge is 0.456 e. The summed E-state index contributed by atoms with van der Waals surface area (Å²) in [6.45, 7) is 0. The van der Waals surface area contributed by atoms with Gasteiger partial charge in [-0.25, -0.2) is 0 Å². The molecular formula is C21H13F9N2O2. The molecule has 0 spiro atoms. The predicted molar refractivity (Wildman–Crippen MR) is 103 cm³/mol. The Kier molecular flexibility index (Phi) is 6.24. The molecule has 182 valence electrons. The molecule has 0 aliphatic heterocycles. The van der Waals surface area contributed by atoms with E-state index in [1.807, 2.05) is 0 Å². The van der Waals surface area contributed by atoms with Gasteiger partial charge < -0.3 is 20.9 Å². The number of nitrogens with two attached hydrogens (primary N) is 2. The molecule has 3 aromatic rings. The first-order valence-corrected chi connectivity index (χ1v) is 9.06. The van der Waals surface area contributed by atoms with Gasteiger partial charge in [-0.15, -0.1) is 0 Å². The molecule has 3 aromatic carbocycles. The summed E-state index contributed by atoms with van der Waals surface area (Å²) in [5.74, 6) is -5.02. The molecule has 3 rings (SSSR count). The van der Waals surface area contributed by atoms with Crippen LogP contribution in [0.15, 0.2) is 54.6 Å². The number of halogens is 9. The Morgan fingerprint density at radius 3 is 1.21 bits per heavy atom. The molecule has 4 nitrogen and oxygen atoms in total. The van der Waals surface area contributed by atoms with Crippen LogP contribution >= 0.6 is 0 Å². The molecule has 0 aromatic heterocycles. The second-order valence-corrected chi connectivity index (χ2v) is 6.85. The first-order chi connectivity index (χ1) is 15.6. The molecule has 13 heteroatoms. The highest BCUT2D eigenvalue weighted by molar-refractivity contribution is 5.61. The van der Waals surface area contributed by atoms with Crippen LogP contribution in [0.2, 0.25) is 0 Å². The van der Waals surface area contributed by atoms with E-state index in [0.717, 1.165) is 24.3 Å². The fraction of sp³-hybridized carbons (Fsp3) is 0.143. The van der Waals surface area contributed by atoms with Crippen LogP contribution in [-0.2, 0) is 18.5 Å². The Morgan fingerprint density at radius 1 is 0.529 bits per heavy atom. The fourth-order valence-electron chi connectivity index (χ4n) is 2.93. The van der Waals surface area contributed by atoms with Gasteiger partial charge in [-0.2, -0.15) is 39.5 Å². The third-order valence-corrected chi connectivity index (χ3v) is 4.28. The van der Waals surface area contributed by atoms with Crippen molar-refractivity contribution in [2.45, 2.75) is 18.5 Å². The molecule has 34 heavy (non-hydrogen) atoms. The Balaban J connectivity index is 2.42. The lowest BCUT2D eigenvalue weighted by atomic mass is 10.00. The Hall–Kier alpha value is -3.77. The van der Waals surface area contributed by atoms with Crippen LogP contribution in [-0.4, -0.2) is 0 Å². The highest BCUT2D eigenvalue weighted by Gasteiger charge is 2.50. The first-order valence-electron chi connectivity index (χ1n) is 9.06. The molecule has 4 N–H and O–H groups in total. The number of anilines is 2. The van der Waals surface area contributed by atoms with Crippen LogP contribution in [0.4, 0.5) is 50.9 Å². The number of ether oxygens (including phenoxy) is 2. The smallest absolute Gasteiger partial charge is 0.423 e. The van der Waals surface area contributed by atoms with Crippen molar-refractivity contribution < 1.29 is 49.0 Å². The summed E-state index contributed by atoms with van der Waals surface area (Å²) in [5.41, 5.74) is 3.76. The van der Waals surface area contributed by atoms with Gasteiger partial charge in [-0.3, -0.25) is 0 Å². The molecule has 0 atom stereocenters. The maximum absolute atomic E-state index is 14.1. The summed E-state index contributed by atoms with van der Waals surface area (Å²) in [6.07, 6.45) is -17.1. The maximum atomic E-state index is 14.1. The third kappa shape index (κ3) is 5.41. The van der Waals surface area contributed by atoms with E-state index in [4.69, 9.17) is 20.9 Å². The molecule has 0 saturated carbocycles. The number of hydrogen-bond donors (Lipinski definition) is 2. The minimum absolute atomic E-state index is 0.0808. The topological polar surface area (TPSA) is 70.5 Å². The third-order valence-electron chi connectivity index (χ3n) is 4.28. The molecule has 0 heterocycles. The van der Waals surface area contributed by atoms with E-state index in [0.29, 0.717) is 0 Å². The summed E-state index contributed by atoms with van der Waals surface area (Å²) >= 11 is 0. The number of hydrogen-bond acceptors (Lipinski definition) is 4. The van der Waals surface area contributed by atoms with Gasteiger partial charge >= 0.3 is 18.5 Å². The predicted octanol–water partition coefficient (Wildman–Crippen LogP) is 7.49. The van der Waals surface area contributed by atoms with Crippen LogP contribution in [0.3, 0.4) is 0 Å². The van der Waals surface area contributed by atoms with Crippen molar-refractivity contribution in [1.82, 2.24) is 0 Å². The summed E-state index contributed by atoms with van der Waals surface area (Å²) in [6, 6.07) is 8.12. The normalized spacial score (nSPS) is 12.5. The van der Waals surface area contributed by atoms with Crippen molar-refractivity contribution in [2.24, 2.45) is 0 Å². The summed E-state index contributed by atoms with van der Waals surface area (Å²) < 4.78 is 134. The van der Waals surface area contributed by atoms with E-state index in [-0.39, 0.29) is 11.4 Å². The van der Waals surface area contributed by atoms with E-state index in [1.54, 1.807) is 0 Å². The second-order valence-electron chi connectivity index (χ2n) is 6.85. The monoisotopic (exact) mass is 496 g/mol. The van der Waals surface area contributed by atoms with E-state index in [2.05, 4.69) is 0 Å². The van der Waals surface area contributed by atoms with Crippen LogP contribution in [0.5, 0.6) is 23.0 Å². The molecule has 0 saturated heterocycles. The molecule has 0 aliphatic rings. The molecule has 0 aliphatic carbocycles. The Labute approximate surface area is 185 Å². The van der Waals surface area contributed by atoms with Crippen molar-refractivity contribution in [3.63, 3.8) is 0 Å². The van der Waals surface area contributed by atoms with E-state index in [1.165, 1.54) is 24.3 Å². The van der Waals surface area contributed by atoms with Crippen molar-refractivity contribution in [3.05, 3.63) is 71.3 Å². The Morgan fingerprint density at radius 2 is 0.912 bits per heavy atom. The van der Waals surface area contributed by atoms with Crippen molar-refractivity contribution in [2.75, 3.05) is 11.5 Å². The molecule has 0 radical (unpaired) electrons. The number of nitrogen functional groups attached to an aromatic ring is 2. The average Bonchev–Trinajstić information content (AvgIpc) is 2.65. The summed E-state index contributed by atoms with van der Waals surface area (Å²) in [4.78, 5) is 0. The van der Waals surface area contributed by atoms with Crippen LogP contribution in [0, 0.1) is 0 Å². The van der Waals surface area contributed by atoms with Gasteiger partial charge in [0.1, 0.15) is 17.1 Å². The SMILES string of the molecule is Nc1cccc(Oc2c(C(F)(F)F)cc(C(F)(F)F)c(Oc3cccc(N)c3)c2C(F)(F)F)c1. The fourth-order valence-corrected chi connectivity index (χ4v) is 2.93. The zero-order valence-electron chi connectivity index (χ0n) is 16.6. The lowest BCUT2D eigenvalue weighted by molar-refractivity contribution is -0.151. The van der Waals surface area contributed by atoms with E-state index in [9.17, 15) is 39.5 Å². The van der Waals surface area contributed by atoms with Gasteiger partial charge in [0.15, 0.2) is 11.5 Å². The highest BCUT2D eigenvalue weighted by Crippen LogP contribution is 2.55. The lowest BCUT2D eigenvalue weighted by Crippen LogP contribution is -2.20. The zero-order chi connectivity index (χ0) is 25.5. The maximum Gasteiger partial charge on any atom is 0.423 e. The lowest BCUT2D eigenvalue weighted by Gasteiger charge is -2.25.